The summed E-state index contributed by atoms with van der Waals surface area (Å²) in [6, 6.07) is 8.02. The maximum absolute atomic E-state index is 9.25. The number of carboxylic acids is 1. The molecule has 0 atom stereocenters. The molecule has 0 heterocycles. The normalized spacial score (nSPS) is 8.33. The van der Waals surface area contributed by atoms with Gasteiger partial charge in [0.05, 0.1) is 0 Å². The molecule has 0 aliphatic rings. The Balaban J connectivity index is 0.000000336. The van der Waals surface area contributed by atoms with Gasteiger partial charge in [0, 0.05) is 12.0 Å². The van der Waals surface area contributed by atoms with Crippen LogP contribution in [-0.2, 0) is 10.7 Å². The van der Waals surface area contributed by atoms with Gasteiger partial charge in [-0.3, -0.25) is 0 Å². The molecule has 1 rings (SSSR count). The van der Waals surface area contributed by atoms with Crippen LogP contribution in [0.1, 0.15) is 11.1 Å². The highest BCUT2D eigenvalue weighted by Crippen LogP contribution is 2.06. The van der Waals surface area contributed by atoms with E-state index < -0.39 is 5.97 Å². The Kier molecular flexibility index (Phi) is 7.02. The Labute approximate surface area is 94.5 Å². The first kappa shape index (κ1) is 13.5. The van der Waals surface area contributed by atoms with Gasteiger partial charge in [-0.25, -0.2) is 4.79 Å². The molecule has 0 aliphatic carbocycles. The molecule has 0 saturated carbocycles. The predicted octanol–water partition coefficient (Wildman–Crippen LogP) is 3.33. The Morgan fingerprint density at radius 3 is 2.07 bits per heavy atom. The molecule has 0 unspecified atom stereocenters. The Morgan fingerprint density at radius 1 is 1.33 bits per heavy atom. The standard InChI is InChI=1S/C9H9Cl.C3H4O2/c1-2-8-3-5-9(7-10)6-4-8;1-2-3(4)5/h2-6H,1,7H2;2H,1H2,(H,4,5). The molecule has 0 aromatic heterocycles. The fraction of sp³-hybridized carbons (Fsp3) is 0.0833. The second kappa shape index (κ2) is 7.83. The lowest BCUT2D eigenvalue weighted by Gasteiger charge is -1.94. The van der Waals surface area contributed by atoms with Gasteiger partial charge in [0.2, 0.25) is 0 Å². The van der Waals surface area contributed by atoms with Crippen molar-refractivity contribution in [3.05, 3.63) is 54.6 Å². The van der Waals surface area contributed by atoms with Crippen LogP contribution in [0.4, 0.5) is 0 Å². The van der Waals surface area contributed by atoms with E-state index in [0.717, 1.165) is 17.2 Å². The first-order valence-electron chi connectivity index (χ1n) is 4.26. The van der Waals surface area contributed by atoms with E-state index >= 15 is 0 Å². The second-order valence-electron chi connectivity index (χ2n) is 2.62. The van der Waals surface area contributed by atoms with Gasteiger partial charge in [0.25, 0.3) is 0 Å². The van der Waals surface area contributed by atoms with Crippen molar-refractivity contribution in [2.45, 2.75) is 5.88 Å². The van der Waals surface area contributed by atoms with E-state index in [4.69, 9.17) is 16.7 Å². The molecule has 2 nitrogen and oxygen atoms in total. The van der Waals surface area contributed by atoms with Gasteiger partial charge >= 0.3 is 5.97 Å². The maximum atomic E-state index is 9.25. The van der Waals surface area contributed by atoms with Crippen LogP contribution in [0.15, 0.2) is 43.5 Å². The van der Waals surface area contributed by atoms with Crippen LogP contribution in [0.25, 0.3) is 6.08 Å². The van der Waals surface area contributed by atoms with Gasteiger partial charge in [-0.1, -0.05) is 43.5 Å². The van der Waals surface area contributed by atoms with Gasteiger partial charge in [0.15, 0.2) is 0 Å². The minimum Gasteiger partial charge on any atom is -0.478 e. The van der Waals surface area contributed by atoms with Crippen molar-refractivity contribution < 1.29 is 9.90 Å². The zero-order valence-electron chi connectivity index (χ0n) is 8.32. The summed E-state index contributed by atoms with van der Waals surface area (Å²) >= 11 is 5.60. The molecule has 0 amide bonds. The number of hydrogen-bond donors (Lipinski definition) is 1. The molecular formula is C12H13ClO2. The minimum atomic E-state index is -0.981. The monoisotopic (exact) mass is 224 g/mol. The van der Waals surface area contributed by atoms with Gasteiger partial charge in [-0.15, -0.1) is 11.6 Å². The van der Waals surface area contributed by atoms with Crippen LogP contribution in [0.3, 0.4) is 0 Å². The summed E-state index contributed by atoms with van der Waals surface area (Å²) < 4.78 is 0. The van der Waals surface area contributed by atoms with Crippen LogP contribution < -0.4 is 0 Å². The van der Waals surface area contributed by atoms with Crippen molar-refractivity contribution in [3.63, 3.8) is 0 Å². The maximum Gasteiger partial charge on any atom is 0.327 e. The number of carbonyl (C=O) groups is 1. The average molecular weight is 225 g/mol. The fourth-order valence-corrected chi connectivity index (χ4v) is 0.921. The van der Waals surface area contributed by atoms with E-state index in [1.807, 2.05) is 30.3 Å². The highest BCUT2D eigenvalue weighted by atomic mass is 35.5. The molecule has 0 fully saturated rings. The second-order valence-corrected chi connectivity index (χ2v) is 2.89. The number of benzene rings is 1. The minimum absolute atomic E-state index is 0.581. The molecule has 1 aromatic carbocycles. The van der Waals surface area contributed by atoms with Crippen molar-refractivity contribution >= 4 is 23.6 Å². The summed E-state index contributed by atoms with van der Waals surface area (Å²) in [7, 11) is 0. The molecule has 0 saturated heterocycles. The quantitative estimate of drug-likeness (QED) is 0.632. The smallest absolute Gasteiger partial charge is 0.327 e. The van der Waals surface area contributed by atoms with Gasteiger partial charge in [0.1, 0.15) is 0 Å². The van der Waals surface area contributed by atoms with Crippen LogP contribution >= 0.6 is 11.6 Å². The zero-order chi connectivity index (χ0) is 11.7. The van der Waals surface area contributed by atoms with Crippen LogP contribution in [0, 0.1) is 0 Å². The molecule has 80 valence electrons. The summed E-state index contributed by atoms with van der Waals surface area (Å²) in [6.07, 6.45) is 2.65. The van der Waals surface area contributed by atoms with E-state index in [1.54, 1.807) is 0 Å². The molecule has 0 bridgehead atoms. The topological polar surface area (TPSA) is 37.3 Å². The lowest BCUT2D eigenvalue weighted by atomic mass is 10.1. The Hall–Kier alpha value is -1.54. The molecule has 1 N–H and O–H groups in total. The number of aliphatic carboxylic acids is 1. The SMILES string of the molecule is C=CC(=O)O.C=Cc1ccc(CCl)cc1. The summed E-state index contributed by atoms with van der Waals surface area (Å²) in [5, 5.41) is 7.60. The van der Waals surface area contributed by atoms with Gasteiger partial charge in [-0.2, -0.15) is 0 Å². The zero-order valence-corrected chi connectivity index (χ0v) is 9.07. The van der Waals surface area contributed by atoms with Crippen LogP contribution in [0.5, 0.6) is 0 Å². The fourth-order valence-electron chi connectivity index (χ4n) is 0.743. The summed E-state index contributed by atoms with van der Waals surface area (Å²) in [5.74, 6) is -0.401. The Bertz CT molecular complexity index is 328. The van der Waals surface area contributed by atoms with E-state index in [0.29, 0.717) is 5.88 Å². The van der Waals surface area contributed by atoms with Crippen LogP contribution in [-0.4, -0.2) is 11.1 Å². The third kappa shape index (κ3) is 6.52. The lowest BCUT2D eigenvalue weighted by molar-refractivity contribution is -0.131. The molecule has 0 radical (unpaired) electrons. The van der Waals surface area contributed by atoms with E-state index in [1.165, 1.54) is 0 Å². The summed E-state index contributed by atoms with van der Waals surface area (Å²) in [4.78, 5) is 9.25. The van der Waals surface area contributed by atoms with Crippen molar-refractivity contribution in [1.82, 2.24) is 0 Å². The molecular weight excluding hydrogens is 212 g/mol. The lowest BCUT2D eigenvalue weighted by Crippen LogP contribution is -1.82. The van der Waals surface area contributed by atoms with Crippen molar-refractivity contribution in [2.24, 2.45) is 0 Å². The predicted molar refractivity (Wildman–Crippen MR) is 63.9 cm³/mol. The molecule has 15 heavy (non-hydrogen) atoms. The number of alkyl halides is 1. The first-order valence-corrected chi connectivity index (χ1v) is 4.80. The molecule has 0 spiro atoms. The van der Waals surface area contributed by atoms with Gasteiger partial charge in [-0.05, 0) is 11.1 Å². The first-order chi connectivity index (χ1) is 7.13. The number of halogens is 1. The third-order valence-electron chi connectivity index (χ3n) is 1.54. The molecule has 3 heteroatoms. The number of hydrogen-bond acceptors (Lipinski definition) is 1. The van der Waals surface area contributed by atoms with Gasteiger partial charge < -0.3 is 5.11 Å². The van der Waals surface area contributed by atoms with Crippen LogP contribution in [0.2, 0.25) is 0 Å². The average Bonchev–Trinajstić information content (AvgIpc) is 2.30. The van der Waals surface area contributed by atoms with E-state index in [-0.39, 0.29) is 0 Å². The Morgan fingerprint density at radius 2 is 1.80 bits per heavy atom. The molecule has 0 aliphatic heterocycles. The largest absolute Gasteiger partial charge is 0.478 e. The summed E-state index contributed by atoms with van der Waals surface area (Å²) in [6.45, 7) is 6.61. The molecule has 1 aromatic rings. The van der Waals surface area contributed by atoms with Crippen molar-refractivity contribution in [1.29, 1.82) is 0 Å². The summed E-state index contributed by atoms with van der Waals surface area (Å²) in [5.41, 5.74) is 2.28. The van der Waals surface area contributed by atoms with Crippen molar-refractivity contribution in [3.8, 4) is 0 Å². The number of carboxylic acid groups (broad SMARTS) is 1. The highest BCUT2D eigenvalue weighted by molar-refractivity contribution is 6.17. The highest BCUT2D eigenvalue weighted by Gasteiger charge is 1.87. The van der Waals surface area contributed by atoms with E-state index in [2.05, 4.69) is 13.2 Å². The third-order valence-corrected chi connectivity index (χ3v) is 1.85. The number of rotatable bonds is 3. The van der Waals surface area contributed by atoms with Crippen molar-refractivity contribution in [2.75, 3.05) is 0 Å². The van der Waals surface area contributed by atoms with E-state index in [9.17, 15) is 4.79 Å².